The second-order valence-corrected chi connectivity index (χ2v) is 4.31. The molecule has 0 saturated heterocycles. The van der Waals surface area contributed by atoms with E-state index < -0.39 is 22.4 Å². The highest BCUT2D eigenvalue weighted by atomic mass is 32.3. The van der Waals surface area contributed by atoms with Crippen molar-refractivity contribution in [3.8, 4) is 5.75 Å². The lowest BCUT2D eigenvalue weighted by Gasteiger charge is -2.07. The lowest BCUT2D eigenvalue weighted by molar-refractivity contribution is -0.138. The Morgan fingerprint density at radius 1 is 1.47 bits per heavy atom. The summed E-state index contributed by atoms with van der Waals surface area (Å²) in [5.74, 6) is -0.939. The van der Waals surface area contributed by atoms with Crippen LogP contribution in [-0.4, -0.2) is 30.1 Å². The van der Waals surface area contributed by atoms with Crippen LogP contribution in [-0.2, 0) is 21.6 Å². The minimum Gasteiger partial charge on any atom is -0.480 e. The van der Waals surface area contributed by atoms with Crippen LogP contribution >= 0.6 is 0 Å². The quantitative estimate of drug-likeness (QED) is 0.628. The molecule has 1 rings (SSSR count). The van der Waals surface area contributed by atoms with Crippen molar-refractivity contribution < 1.29 is 27.1 Å². The number of hydrogen-bond acceptors (Lipinski definition) is 6. The van der Waals surface area contributed by atoms with Gasteiger partial charge in [0.25, 0.3) is 1.43 Å². The smallest absolute Gasteiger partial charge is 0.446 e. The summed E-state index contributed by atoms with van der Waals surface area (Å²) >= 11 is 0. The SMILES string of the molecule is [2H]OC(=O)[C@@H](N)Cc1ccc(OS(=O)(=O)O)cc1. The Balaban J connectivity index is 2.69. The second kappa shape index (κ2) is 5.13. The van der Waals surface area contributed by atoms with Gasteiger partial charge in [0.05, 0.1) is 0 Å². The summed E-state index contributed by atoms with van der Waals surface area (Å²) in [6.45, 7) is 0. The van der Waals surface area contributed by atoms with Gasteiger partial charge in [0, 0.05) is 0 Å². The van der Waals surface area contributed by atoms with E-state index in [9.17, 15) is 13.2 Å². The molecule has 0 aliphatic heterocycles. The molecule has 1 aromatic rings. The van der Waals surface area contributed by atoms with Crippen LogP contribution in [0.3, 0.4) is 0 Å². The number of carboxylic acid groups (broad SMARTS) is 1. The highest BCUT2D eigenvalue weighted by molar-refractivity contribution is 7.81. The van der Waals surface area contributed by atoms with E-state index in [1.54, 1.807) is 0 Å². The molecule has 1 aromatic carbocycles. The summed E-state index contributed by atoms with van der Waals surface area (Å²) in [5, 5.41) is 3.72. The van der Waals surface area contributed by atoms with E-state index >= 15 is 0 Å². The molecule has 0 aliphatic rings. The molecule has 0 aromatic heterocycles. The van der Waals surface area contributed by atoms with Crippen LogP contribution in [0, 0.1) is 0 Å². The minimum atomic E-state index is -4.55. The Labute approximate surface area is 99.3 Å². The predicted octanol–water partition coefficient (Wildman–Crippen LogP) is -0.177. The topological polar surface area (TPSA) is 127 Å². The maximum Gasteiger partial charge on any atom is 0.446 e. The molecular weight excluding hydrogens is 250 g/mol. The summed E-state index contributed by atoms with van der Waals surface area (Å²) in [6, 6.07) is 4.55. The molecular formula is C9H11NO6S. The maximum atomic E-state index is 10.9. The second-order valence-electron chi connectivity index (χ2n) is 3.28. The van der Waals surface area contributed by atoms with Crippen molar-refractivity contribution in [2.75, 3.05) is 0 Å². The van der Waals surface area contributed by atoms with Gasteiger partial charge in [0.2, 0.25) is 0 Å². The Morgan fingerprint density at radius 3 is 2.53 bits per heavy atom. The van der Waals surface area contributed by atoms with Crippen molar-refractivity contribution >= 4 is 16.4 Å². The molecule has 0 aliphatic carbocycles. The van der Waals surface area contributed by atoms with Gasteiger partial charge in [-0.1, -0.05) is 12.1 Å². The lowest BCUT2D eigenvalue weighted by atomic mass is 10.1. The van der Waals surface area contributed by atoms with Gasteiger partial charge in [-0.05, 0) is 24.1 Å². The Hall–Kier alpha value is -1.64. The first-order valence-electron chi connectivity index (χ1n) is 4.91. The Kier molecular flexibility index (Phi) is 3.57. The first kappa shape index (κ1) is 11.8. The summed E-state index contributed by atoms with van der Waals surface area (Å²) < 4.78 is 39.9. The number of hydrogen-bond donors (Lipinski definition) is 3. The van der Waals surface area contributed by atoms with Gasteiger partial charge in [-0.15, -0.1) is 0 Å². The van der Waals surface area contributed by atoms with E-state index in [1.165, 1.54) is 24.3 Å². The van der Waals surface area contributed by atoms with E-state index in [1.807, 2.05) is 0 Å². The molecule has 0 unspecified atom stereocenters. The number of aliphatic carboxylic acids is 1. The van der Waals surface area contributed by atoms with Gasteiger partial charge < -0.3 is 15.0 Å². The third-order valence-electron chi connectivity index (χ3n) is 1.88. The van der Waals surface area contributed by atoms with Crippen LogP contribution in [0.1, 0.15) is 5.56 Å². The van der Waals surface area contributed by atoms with Crippen LogP contribution in [0.15, 0.2) is 24.3 Å². The zero-order valence-electron chi connectivity index (χ0n) is 9.57. The third-order valence-corrected chi connectivity index (χ3v) is 2.29. The van der Waals surface area contributed by atoms with Crippen LogP contribution in [0.2, 0.25) is 0 Å². The van der Waals surface area contributed by atoms with Crippen LogP contribution < -0.4 is 9.92 Å². The zero-order chi connectivity index (χ0) is 13.8. The number of carboxylic acids is 1. The zero-order valence-corrected chi connectivity index (χ0v) is 9.38. The maximum absolute atomic E-state index is 10.9. The van der Waals surface area contributed by atoms with Crippen molar-refractivity contribution in [2.45, 2.75) is 12.5 Å². The molecule has 0 fully saturated rings. The summed E-state index contributed by atoms with van der Waals surface area (Å²) in [4.78, 5) is 10.9. The largest absolute Gasteiger partial charge is 0.480 e. The molecule has 0 bridgehead atoms. The van der Waals surface area contributed by atoms with E-state index in [0.29, 0.717) is 5.56 Å². The summed E-state index contributed by atoms with van der Waals surface area (Å²) in [6.07, 6.45) is 0.129. The van der Waals surface area contributed by atoms with Gasteiger partial charge >= 0.3 is 16.4 Å². The van der Waals surface area contributed by atoms with Crippen molar-refractivity contribution in [1.82, 2.24) is 0 Å². The standard InChI is InChI=1S/C9H11NO6S/c10-8(9(11)12)5-6-1-3-7(4-2-6)16-17(13,14)15/h1-4,8H,5,10H2,(H,11,12)(H,13,14,15)/t8-/m0/s1/i/hD. The summed E-state index contributed by atoms with van der Waals surface area (Å²) in [5.41, 5.74) is 6.06. The molecule has 0 saturated carbocycles. The molecule has 0 heterocycles. The molecule has 0 amide bonds. The van der Waals surface area contributed by atoms with Crippen molar-refractivity contribution in [2.24, 2.45) is 5.73 Å². The van der Waals surface area contributed by atoms with Gasteiger partial charge in [0.1, 0.15) is 11.8 Å². The molecule has 0 radical (unpaired) electrons. The van der Waals surface area contributed by atoms with Crippen molar-refractivity contribution in [3.05, 3.63) is 29.8 Å². The van der Waals surface area contributed by atoms with Gasteiger partial charge in [-0.3, -0.25) is 9.35 Å². The van der Waals surface area contributed by atoms with Crippen LogP contribution in [0.25, 0.3) is 1.43 Å². The Bertz CT molecular complexity index is 514. The fourth-order valence-corrected chi connectivity index (χ4v) is 1.49. The monoisotopic (exact) mass is 262 g/mol. The number of benzene rings is 1. The molecule has 1 atom stereocenters. The first-order valence-corrected chi connectivity index (χ1v) is 5.87. The Morgan fingerprint density at radius 2 is 2.06 bits per heavy atom. The minimum absolute atomic E-state index is 0.0714. The average molecular weight is 262 g/mol. The molecule has 7 nitrogen and oxygen atoms in total. The van der Waals surface area contributed by atoms with Crippen LogP contribution in [0.4, 0.5) is 0 Å². The van der Waals surface area contributed by atoms with Crippen LogP contribution in [0.5, 0.6) is 5.75 Å². The number of rotatable bonds is 5. The van der Waals surface area contributed by atoms with E-state index in [-0.39, 0.29) is 12.2 Å². The number of carbonyl (C=O) groups is 1. The normalized spacial score (nSPS) is 13.6. The molecule has 17 heavy (non-hydrogen) atoms. The fraction of sp³-hybridized carbons (Fsp3) is 0.222. The van der Waals surface area contributed by atoms with Gasteiger partial charge in [-0.2, -0.15) is 8.42 Å². The van der Waals surface area contributed by atoms with E-state index in [4.69, 9.17) is 11.7 Å². The molecule has 4 N–H and O–H groups in total. The van der Waals surface area contributed by atoms with Gasteiger partial charge in [0.15, 0.2) is 0 Å². The molecule has 94 valence electrons. The van der Waals surface area contributed by atoms with Crippen molar-refractivity contribution in [1.29, 1.82) is 1.43 Å². The van der Waals surface area contributed by atoms with E-state index in [0.717, 1.165) is 0 Å². The van der Waals surface area contributed by atoms with Gasteiger partial charge in [-0.25, -0.2) is 0 Å². The molecule has 8 heteroatoms. The molecule has 0 spiro atoms. The van der Waals surface area contributed by atoms with Crippen molar-refractivity contribution in [3.63, 3.8) is 0 Å². The lowest BCUT2D eigenvalue weighted by Crippen LogP contribution is -2.32. The predicted molar refractivity (Wildman–Crippen MR) is 57.9 cm³/mol. The third kappa shape index (κ3) is 4.81. The number of nitrogens with two attached hydrogens (primary N) is 1. The average Bonchev–Trinajstić information content (AvgIpc) is 2.28. The first-order chi connectivity index (χ1) is 8.31. The summed E-state index contributed by atoms with van der Waals surface area (Å²) in [7, 11) is -4.55. The highest BCUT2D eigenvalue weighted by Crippen LogP contribution is 2.14. The fourth-order valence-electron chi connectivity index (χ4n) is 1.14. The van der Waals surface area contributed by atoms with E-state index in [2.05, 4.69) is 9.29 Å². The highest BCUT2D eigenvalue weighted by Gasteiger charge is 2.12.